The van der Waals surface area contributed by atoms with Gasteiger partial charge in [0.05, 0.1) is 11.2 Å². The normalized spacial score (nSPS) is 27.6. The molecule has 1 aliphatic heterocycles. The number of fused-ring (bicyclic) bond motifs is 2. The van der Waals surface area contributed by atoms with Gasteiger partial charge in [0.1, 0.15) is 37.1 Å². The second kappa shape index (κ2) is 11.4. The second-order valence-corrected chi connectivity index (χ2v) is 19.0. The van der Waals surface area contributed by atoms with Crippen molar-refractivity contribution in [1.82, 2.24) is 4.57 Å². The number of carbonyl (C=O) groups is 1. The van der Waals surface area contributed by atoms with Crippen LogP contribution >= 0.6 is 7.14 Å². The molecule has 1 aromatic heterocycles. The minimum atomic E-state index is -4.08. The summed E-state index contributed by atoms with van der Waals surface area (Å²) in [4.78, 5) is 11.9. The van der Waals surface area contributed by atoms with Gasteiger partial charge in [-0.25, -0.2) is 9.13 Å². The Balaban J connectivity index is 0.000000207. The van der Waals surface area contributed by atoms with Gasteiger partial charge in [-0.05, 0) is 68.9 Å². The molecule has 3 fully saturated rings. The summed E-state index contributed by atoms with van der Waals surface area (Å²) in [5.41, 5.74) is 1.60. The van der Waals surface area contributed by atoms with Gasteiger partial charge in [-0.15, -0.1) is 0 Å². The van der Waals surface area contributed by atoms with Gasteiger partial charge < -0.3 is 4.57 Å². The number of benzene rings is 2. The van der Waals surface area contributed by atoms with Crippen LogP contribution in [0.1, 0.15) is 89.2 Å². The first-order chi connectivity index (χ1) is 20.1. The van der Waals surface area contributed by atoms with E-state index in [1.54, 1.807) is 0 Å². The Bertz CT molecular complexity index is 1560. The van der Waals surface area contributed by atoms with Gasteiger partial charge in [-0.2, -0.15) is 8.42 Å². The molecule has 7 nitrogen and oxygen atoms in total. The summed E-state index contributed by atoms with van der Waals surface area (Å²) >= 11 is 0. The zero-order chi connectivity index (χ0) is 31.3. The second-order valence-electron chi connectivity index (χ2n) is 14.3. The molecule has 2 heterocycles. The number of aromatic nitrogens is 2. The van der Waals surface area contributed by atoms with Crippen LogP contribution in [-0.2, 0) is 31.3 Å². The minimum Gasteiger partial charge on any atom is -0.318 e. The number of Topliss-reactive ketones (excluding diaryl/α,β-unsaturated/α-hetero) is 1. The highest BCUT2D eigenvalue weighted by molar-refractivity contribution is 7.85. The lowest BCUT2D eigenvalue weighted by Crippen LogP contribution is -2.42. The third kappa shape index (κ3) is 6.08. The van der Waals surface area contributed by atoms with Crippen molar-refractivity contribution in [1.29, 1.82) is 0 Å². The average molecular weight is 626 g/mol. The molecule has 1 unspecified atom stereocenters. The minimum absolute atomic E-state index is 0.0152. The van der Waals surface area contributed by atoms with Crippen LogP contribution in [0.15, 0.2) is 79.4 Å². The Labute approximate surface area is 256 Å². The molecule has 4 atom stereocenters. The molecule has 2 aliphatic carbocycles. The van der Waals surface area contributed by atoms with E-state index >= 15 is 0 Å². The Morgan fingerprint density at radius 2 is 1.49 bits per heavy atom. The fourth-order valence-corrected chi connectivity index (χ4v) is 13.2. The van der Waals surface area contributed by atoms with Crippen molar-refractivity contribution in [3.63, 3.8) is 0 Å². The Hall–Kier alpha value is -2.54. The highest BCUT2D eigenvalue weighted by atomic mass is 32.2. The van der Waals surface area contributed by atoms with E-state index in [2.05, 4.69) is 97.2 Å². The zero-order valence-corrected chi connectivity index (χ0v) is 27.7. The fourth-order valence-electron chi connectivity index (χ4n) is 7.90. The van der Waals surface area contributed by atoms with Gasteiger partial charge >= 0.3 is 0 Å². The predicted octanol–water partition coefficient (Wildman–Crippen LogP) is 7.40. The average Bonchev–Trinajstić information content (AvgIpc) is 3.64. The molecule has 0 spiro atoms. The molecule has 1 saturated heterocycles. The summed E-state index contributed by atoms with van der Waals surface area (Å²) in [6.07, 6.45) is 10.8. The molecular formula is C34H46N2O5PS+. The van der Waals surface area contributed by atoms with Gasteiger partial charge in [-0.3, -0.25) is 9.35 Å². The van der Waals surface area contributed by atoms with Crippen molar-refractivity contribution in [3.8, 4) is 0 Å². The van der Waals surface area contributed by atoms with E-state index in [4.69, 9.17) is 4.55 Å². The summed E-state index contributed by atoms with van der Waals surface area (Å²) in [5, 5.41) is 0. The highest BCUT2D eigenvalue weighted by Gasteiger charge is 2.65. The van der Waals surface area contributed by atoms with Crippen LogP contribution in [0.2, 0.25) is 0 Å². The van der Waals surface area contributed by atoms with E-state index in [0.29, 0.717) is 19.1 Å². The van der Waals surface area contributed by atoms with Crippen molar-refractivity contribution in [3.05, 3.63) is 90.5 Å². The number of carbonyl (C=O) groups excluding carboxylic acids is 1. The van der Waals surface area contributed by atoms with Gasteiger partial charge in [0.25, 0.3) is 10.1 Å². The molecule has 3 aromatic rings. The van der Waals surface area contributed by atoms with E-state index in [1.165, 1.54) is 11.1 Å². The monoisotopic (exact) mass is 625 g/mol. The van der Waals surface area contributed by atoms with Crippen molar-refractivity contribution >= 4 is 23.0 Å². The van der Waals surface area contributed by atoms with Gasteiger partial charge in [0.15, 0.2) is 0 Å². The van der Waals surface area contributed by atoms with Crippen LogP contribution in [0, 0.1) is 16.7 Å². The molecule has 43 heavy (non-hydrogen) atoms. The molecular weight excluding hydrogens is 579 g/mol. The molecule has 2 bridgehead atoms. The van der Waals surface area contributed by atoms with E-state index in [9.17, 15) is 17.8 Å². The number of imidazole rings is 1. The number of hydrogen-bond donors (Lipinski definition) is 1. The van der Waals surface area contributed by atoms with Crippen molar-refractivity contribution < 1.29 is 26.9 Å². The van der Waals surface area contributed by atoms with E-state index in [-0.39, 0.29) is 34.0 Å². The van der Waals surface area contributed by atoms with Crippen molar-refractivity contribution in [2.45, 2.75) is 89.9 Å². The third-order valence-electron chi connectivity index (χ3n) is 10.6. The lowest BCUT2D eigenvalue weighted by molar-refractivity contribution is -0.678. The van der Waals surface area contributed by atoms with Crippen LogP contribution in [0.4, 0.5) is 0 Å². The number of nitrogens with zero attached hydrogens (tertiary/aromatic N) is 2. The number of rotatable bonds is 6. The molecule has 0 amide bonds. The lowest BCUT2D eigenvalue weighted by atomic mass is 9.70. The van der Waals surface area contributed by atoms with Gasteiger partial charge in [0, 0.05) is 17.7 Å². The molecule has 9 heteroatoms. The first-order valence-corrected chi connectivity index (χ1v) is 19.0. The number of ketones is 1. The zero-order valence-electron chi connectivity index (χ0n) is 26.0. The maximum absolute atomic E-state index is 14.7. The van der Waals surface area contributed by atoms with Crippen LogP contribution in [0.3, 0.4) is 0 Å². The standard InChI is InChI=1S/C24H30N2OP.C10H16O4S/c1-24(2,3)26-17-16-25(18-26)19-28(27)22(20-10-6-4-7-11-20)14-15-23(28)21-12-8-5-9-13-21;1-9(2)7-3-4-10(9,8(11)5-7)6-15(12,13)14/h4-13,16-18,22-23H,14-15,19H2,1-3H3;7H,3-6H2,1-2H3,(H,12,13,14)/q+1;/t22-,23-;7?,10-/m01/s1. The summed E-state index contributed by atoms with van der Waals surface area (Å²) in [6.45, 7) is 10.5. The maximum Gasteiger partial charge on any atom is 0.265 e. The maximum atomic E-state index is 14.7. The number of hydrogen-bond acceptors (Lipinski definition) is 4. The lowest BCUT2D eigenvalue weighted by Gasteiger charge is -2.35. The summed E-state index contributed by atoms with van der Waals surface area (Å²) in [7, 11) is -6.62. The largest absolute Gasteiger partial charge is 0.318 e. The molecule has 232 valence electrons. The van der Waals surface area contributed by atoms with Crippen LogP contribution in [0.5, 0.6) is 0 Å². The first-order valence-electron chi connectivity index (χ1n) is 15.3. The summed E-state index contributed by atoms with van der Waals surface area (Å²) < 4.78 is 50.0. The SMILES string of the molecule is CC(C)(C)n1cc[n+](CP2(=O)[C@H](c3ccccc3)CC[C@H]2c2ccccc2)c1.CC1(C)C2CC[C@@]1(CS(=O)(=O)O)C(=O)C2. The first kappa shape index (κ1) is 31.9. The Morgan fingerprint density at radius 3 is 1.88 bits per heavy atom. The third-order valence-corrected chi connectivity index (χ3v) is 15.4. The molecule has 3 aliphatic rings. The Morgan fingerprint density at radius 1 is 0.953 bits per heavy atom. The van der Waals surface area contributed by atoms with E-state index in [0.717, 1.165) is 19.3 Å². The van der Waals surface area contributed by atoms with Crippen LogP contribution in [0.25, 0.3) is 0 Å². The van der Waals surface area contributed by atoms with Crippen molar-refractivity contribution in [2.24, 2.45) is 16.7 Å². The van der Waals surface area contributed by atoms with Crippen LogP contribution in [-0.4, -0.2) is 29.1 Å². The summed E-state index contributed by atoms with van der Waals surface area (Å²) in [5.74, 6) is -0.101. The fraction of sp³-hybridized carbons (Fsp3) is 0.529. The van der Waals surface area contributed by atoms with Gasteiger partial charge in [-0.1, -0.05) is 74.5 Å². The van der Waals surface area contributed by atoms with Crippen molar-refractivity contribution in [2.75, 3.05) is 5.75 Å². The predicted molar refractivity (Wildman–Crippen MR) is 170 cm³/mol. The smallest absolute Gasteiger partial charge is 0.265 e. The molecule has 6 rings (SSSR count). The van der Waals surface area contributed by atoms with E-state index in [1.807, 2.05) is 26.0 Å². The van der Waals surface area contributed by atoms with Crippen LogP contribution < -0.4 is 4.57 Å². The quantitative estimate of drug-likeness (QED) is 0.175. The Kier molecular flexibility index (Phi) is 8.47. The topological polar surface area (TPSA) is 97.3 Å². The molecule has 1 N–H and O–H groups in total. The van der Waals surface area contributed by atoms with E-state index < -0.39 is 28.4 Å². The summed E-state index contributed by atoms with van der Waals surface area (Å²) in [6, 6.07) is 20.9. The highest BCUT2D eigenvalue weighted by Crippen LogP contribution is 2.76. The van der Waals surface area contributed by atoms with Gasteiger partial charge in [0.2, 0.25) is 6.33 Å². The molecule has 0 radical (unpaired) electrons. The molecule has 2 aromatic carbocycles. The molecule has 2 saturated carbocycles.